The van der Waals surface area contributed by atoms with E-state index in [0.29, 0.717) is 41.0 Å². The van der Waals surface area contributed by atoms with Crippen LogP contribution in [0.4, 0.5) is 11.4 Å². The van der Waals surface area contributed by atoms with Crippen molar-refractivity contribution in [3.05, 3.63) is 56.6 Å². The van der Waals surface area contributed by atoms with Crippen LogP contribution >= 0.6 is 11.6 Å². The van der Waals surface area contributed by atoms with E-state index in [1.807, 2.05) is 19.9 Å². The number of anilines is 1. The van der Waals surface area contributed by atoms with Gasteiger partial charge in [-0.25, -0.2) is 0 Å². The van der Waals surface area contributed by atoms with E-state index in [0.717, 1.165) is 5.56 Å². The third kappa shape index (κ3) is 3.83. The highest BCUT2D eigenvalue weighted by molar-refractivity contribution is 6.31. The number of hydrogen-bond donors (Lipinski definition) is 1. The second-order valence-corrected chi connectivity index (χ2v) is 6.43. The van der Waals surface area contributed by atoms with Crippen molar-refractivity contribution < 1.29 is 19.2 Å². The largest absolute Gasteiger partial charge is 0.490 e. The van der Waals surface area contributed by atoms with Crippen molar-refractivity contribution in [2.24, 2.45) is 0 Å². The molecular formula is C19H19ClN2O5. The van der Waals surface area contributed by atoms with Crippen molar-refractivity contribution >= 4 is 28.9 Å². The Morgan fingerprint density at radius 1 is 1.15 bits per heavy atom. The second kappa shape index (κ2) is 7.84. The van der Waals surface area contributed by atoms with Gasteiger partial charge in [-0.2, -0.15) is 0 Å². The van der Waals surface area contributed by atoms with Gasteiger partial charge < -0.3 is 14.8 Å². The number of carbonyl (C=O) groups excluding carboxylic acids is 1. The number of nitrogens with one attached hydrogen (secondary N) is 1. The Kier molecular flexibility index (Phi) is 5.51. The summed E-state index contributed by atoms with van der Waals surface area (Å²) in [6, 6.07) is 7.78. The third-order valence-electron chi connectivity index (χ3n) is 4.32. The first-order valence-electron chi connectivity index (χ1n) is 8.61. The average molecular weight is 391 g/mol. The van der Waals surface area contributed by atoms with E-state index in [2.05, 4.69) is 5.32 Å². The Hall–Kier alpha value is -2.80. The van der Waals surface area contributed by atoms with Crippen molar-refractivity contribution in [3.8, 4) is 11.5 Å². The summed E-state index contributed by atoms with van der Waals surface area (Å²) in [5.74, 6) is 0.475. The molecule has 142 valence electrons. The summed E-state index contributed by atoms with van der Waals surface area (Å²) in [5.41, 5.74) is 1.83. The second-order valence-electron chi connectivity index (χ2n) is 6.02. The predicted octanol–water partition coefficient (Wildman–Crippen LogP) is 4.52. The number of nitro benzene ring substituents is 1. The van der Waals surface area contributed by atoms with E-state index in [1.54, 1.807) is 6.07 Å². The molecule has 3 rings (SSSR count). The summed E-state index contributed by atoms with van der Waals surface area (Å²) in [7, 11) is 0. The lowest BCUT2D eigenvalue weighted by atomic mass is 9.84. The smallest absolute Gasteiger partial charge is 0.269 e. The Labute approximate surface area is 161 Å². The van der Waals surface area contributed by atoms with Gasteiger partial charge in [0.1, 0.15) is 0 Å². The van der Waals surface area contributed by atoms with Crippen LogP contribution in [-0.2, 0) is 4.79 Å². The minimum atomic E-state index is -0.479. The zero-order valence-corrected chi connectivity index (χ0v) is 15.7. The molecule has 0 unspecified atom stereocenters. The van der Waals surface area contributed by atoms with Crippen LogP contribution in [0.1, 0.15) is 37.3 Å². The van der Waals surface area contributed by atoms with E-state index in [1.165, 1.54) is 18.2 Å². The highest BCUT2D eigenvalue weighted by Crippen LogP contribution is 2.45. The van der Waals surface area contributed by atoms with Gasteiger partial charge in [-0.1, -0.05) is 11.6 Å². The molecule has 0 aromatic heterocycles. The van der Waals surface area contributed by atoms with Gasteiger partial charge in [0, 0.05) is 41.2 Å². The molecule has 0 saturated carbocycles. The molecule has 8 heteroatoms. The molecule has 1 heterocycles. The lowest BCUT2D eigenvalue weighted by Crippen LogP contribution is -2.24. The number of halogens is 1. The highest BCUT2D eigenvalue weighted by Gasteiger charge is 2.31. The molecule has 0 aliphatic carbocycles. The van der Waals surface area contributed by atoms with Crippen molar-refractivity contribution in [2.75, 3.05) is 18.5 Å². The van der Waals surface area contributed by atoms with Gasteiger partial charge in [0.05, 0.1) is 18.1 Å². The molecule has 1 aliphatic heterocycles. The lowest BCUT2D eigenvalue weighted by molar-refractivity contribution is -0.384. The molecule has 0 saturated heterocycles. The van der Waals surface area contributed by atoms with Crippen molar-refractivity contribution in [2.45, 2.75) is 26.2 Å². The van der Waals surface area contributed by atoms with Crippen LogP contribution in [0.25, 0.3) is 0 Å². The predicted molar refractivity (Wildman–Crippen MR) is 102 cm³/mol. The monoisotopic (exact) mass is 390 g/mol. The van der Waals surface area contributed by atoms with E-state index in [-0.39, 0.29) is 18.0 Å². The Morgan fingerprint density at radius 2 is 1.81 bits per heavy atom. The zero-order valence-electron chi connectivity index (χ0n) is 15.0. The van der Waals surface area contributed by atoms with E-state index in [9.17, 15) is 14.9 Å². The average Bonchev–Trinajstić information content (AvgIpc) is 2.62. The summed E-state index contributed by atoms with van der Waals surface area (Å²) in [5, 5.41) is 14.4. The summed E-state index contributed by atoms with van der Waals surface area (Å²) < 4.78 is 11.3. The molecule has 1 N–H and O–H groups in total. The van der Waals surface area contributed by atoms with E-state index in [4.69, 9.17) is 21.1 Å². The van der Waals surface area contributed by atoms with Crippen LogP contribution in [-0.4, -0.2) is 24.0 Å². The zero-order chi connectivity index (χ0) is 19.6. The fourth-order valence-electron chi connectivity index (χ4n) is 3.19. The van der Waals surface area contributed by atoms with Crippen molar-refractivity contribution in [3.63, 3.8) is 0 Å². The van der Waals surface area contributed by atoms with Crippen LogP contribution in [0, 0.1) is 10.1 Å². The molecule has 1 aliphatic rings. The standard InChI is InChI=1S/C19H19ClN2O5/c1-3-26-17-8-14-12(13-7-11(22(24)25)5-6-15(13)20)9-19(23)21-16(14)10-18(17)27-4-2/h5-8,10,12H,3-4,9H2,1-2H3,(H,21,23)/t12-/m1/s1. The first-order valence-corrected chi connectivity index (χ1v) is 8.99. The first-order chi connectivity index (χ1) is 12.9. The molecule has 0 fully saturated rings. The maximum Gasteiger partial charge on any atom is 0.269 e. The van der Waals surface area contributed by atoms with Gasteiger partial charge >= 0.3 is 0 Å². The molecule has 27 heavy (non-hydrogen) atoms. The van der Waals surface area contributed by atoms with Crippen LogP contribution in [0.5, 0.6) is 11.5 Å². The van der Waals surface area contributed by atoms with Crippen LogP contribution in [0.2, 0.25) is 5.02 Å². The number of benzene rings is 2. The van der Waals surface area contributed by atoms with E-state index < -0.39 is 10.8 Å². The topological polar surface area (TPSA) is 90.7 Å². The number of amides is 1. The molecule has 1 amide bonds. The molecule has 0 spiro atoms. The van der Waals surface area contributed by atoms with Gasteiger partial charge in [0.25, 0.3) is 5.69 Å². The Morgan fingerprint density at radius 3 is 2.44 bits per heavy atom. The van der Waals surface area contributed by atoms with Crippen LogP contribution in [0.3, 0.4) is 0 Å². The number of nitrogens with zero attached hydrogens (tertiary/aromatic N) is 1. The fourth-order valence-corrected chi connectivity index (χ4v) is 3.44. The van der Waals surface area contributed by atoms with Gasteiger partial charge in [-0.15, -0.1) is 0 Å². The summed E-state index contributed by atoms with van der Waals surface area (Å²) in [6.07, 6.45) is 0.132. The Balaban J connectivity index is 2.15. The number of non-ortho nitro benzene ring substituents is 1. The third-order valence-corrected chi connectivity index (χ3v) is 4.66. The summed E-state index contributed by atoms with van der Waals surface area (Å²) >= 11 is 6.32. The number of rotatable bonds is 6. The summed E-state index contributed by atoms with van der Waals surface area (Å²) in [4.78, 5) is 22.9. The van der Waals surface area contributed by atoms with Crippen LogP contribution < -0.4 is 14.8 Å². The molecule has 1 atom stereocenters. The van der Waals surface area contributed by atoms with Crippen molar-refractivity contribution in [1.82, 2.24) is 0 Å². The van der Waals surface area contributed by atoms with Gasteiger partial charge in [-0.05, 0) is 37.1 Å². The minimum Gasteiger partial charge on any atom is -0.490 e. The maximum atomic E-state index is 12.3. The normalized spacial score (nSPS) is 15.7. The van der Waals surface area contributed by atoms with Gasteiger partial charge in [0.2, 0.25) is 5.91 Å². The number of fused-ring (bicyclic) bond motifs is 1. The van der Waals surface area contributed by atoms with Crippen molar-refractivity contribution in [1.29, 1.82) is 0 Å². The van der Waals surface area contributed by atoms with E-state index >= 15 is 0 Å². The molecular weight excluding hydrogens is 372 g/mol. The number of hydrogen-bond acceptors (Lipinski definition) is 5. The van der Waals surface area contributed by atoms with Gasteiger partial charge in [0.15, 0.2) is 11.5 Å². The number of nitro groups is 1. The molecule has 2 aromatic carbocycles. The molecule has 0 bridgehead atoms. The number of ether oxygens (including phenoxy) is 2. The maximum absolute atomic E-state index is 12.3. The fraction of sp³-hybridized carbons (Fsp3) is 0.316. The first kappa shape index (κ1) is 19.0. The molecule has 0 radical (unpaired) electrons. The molecule has 2 aromatic rings. The minimum absolute atomic E-state index is 0.0714. The Bertz CT molecular complexity index is 900. The molecule has 7 nitrogen and oxygen atoms in total. The lowest BCUT2D eigenvalue weighted by Gasteiger charge is -2.28. The highest BCUT2D eigenvalue weighted by atomic mass is 35.5. The SMILES string of the molecule is CCOc1cc2c(cc1OCC)[C@@H](c1cc([N+](=O)[O-])ccc1Cl)CC(=O)N2. The number of carbonyl (C=O) groups is 1. The van der Waals surface area contributed by atoms with Crippen LogP contribution in [0.15, 0.2) is 30.3 Å². The quantitative estimate of drug-likeness (QED) is 0.578. The van der Waals surface area contributed by atoms with Gasteiger partial charge in [-0.3, -0.25) is 14.9 Å². The summed E-state index contributed by atoms with van der Waals surface area (Å²) in [6.45, 7) is 4.63.